The van der Waals surface area contributed by atoms with Crippen LogP contribution in [0.25, 0.3) is 5.53 Å². The second-order valence-electron chi connectivity index (χ2n) is 8.84. The summed E-state index contributed by atoms with van der Waals surface area (Å²) in [5.74, 6) is -0.680. The van der Waals surface area contributed by atoms with E-state index in [1.165, 1.54) is 6.92 Å². The number of nitrogens with zero attached hydrogens (tertiary/aromatic N) is 3. The maximum Gasteiger partial charge on any atom is 0.421 e. The van der Waals surface area contributed by atoms with Gasteiger partial charge in [-0.2, -0.15) is 4.79 Å². The molecule has 0 aromatic carbocycles. The minimum absolute atomic E-state index is 0.0259. The molecule has 5 nitrogen and oxygen atoms in total. The minimum atomic E-state index is -1.73. The van der Waals surface area contributed by atoms with Gasteiger partial charge in [-0.3, -0.25) is 9.59 Å². The van der Waals surface area contributed by atoms with Gasteiger partial charge in [-0.15, -0.1) is 0 Å². The van der Waals surface area contributed by atoms with E-state index in [4.69, 9.17) is 5.53 Å². The smallest absolute Gasteiger partial charge is 0.360 e. The van der Waals surface area contributed by atoms with Crippen molar-refractivity contribution in [2.45, 2.75) is 78.3 Å². The van der Waals surface area contributed by atoms with Gasteiger partial charge in [-0.05, 0) is 12.8 Å². The number of amides is 1. The molecule has 0 spiro atoms. The van der Waals surface area contributed by atoms with Crippen LogP contribution in [0.4, 0.5) is 0 Å². The largest absolute Gasteiger partial charge is 0.421 e. The molecule has 0 fully saturated rings. The lowest BCUT2D eigenvalue weighted by atomic mass is 10.0. The predicted octanol–water partition coefficient (Wildman–Crippen LogP) is 3.24. The lowest BCUT2D eigenvalue weighted by Crippen LogP contribution is -2.68. The third-order valence-corrected chi connectivity index (χ3v) is 13.2. The Labute approximate surface area is 143 Å². The van der Waals surface area contributed by atoms with Gasteiger partial charge in [0.1, 0.15) is 0 Å². The molecule has 0 radical (unpaired) electrons. The molecule has 1 atom stereocenters. The summed E-state index contributed by atoms with van der Waals surface area (Å²) < 4.78 is 0. The van der Waals surface area contributed by atoms with Gasteiger partial charge in [0, 0.05) is 18.3 Å². The van der Waals surface area contributed by atoms with Crippen LogP contribution in [0.2, 0.25) is 39.3 Å². The second kappa shape index (κ2) is 7.68. The van der Waals surface area contributed by atoms with Crippen LogP contribution in [0.5, 0.6) is 0 Å². The quantitative estimate of drug-likeness (QED) is 0.231. The summed E-state index contributed by atoms with van der Waals surface area (Å²) in [5, 5.41) is 0.149. The summed E-state index contributed by atoms with van der Waals surface area (Å²) in [6.45, 7) is 21.0. The molecule has 23 heavy (non-hydrogen) atoms. The first-order chi connectivity index (χ1) is 10.2. The summed E-state index contributed by atoms with van der Waals surface area (Å²) in [4.78, 5) is 29.6. The maximum atomic E-state index is 13.1. The third kappa shape index (κ3) is 5.51. The fourth-order valence-electron chi connectivity index (χ4n) is 3.38. The van der Waals surface area contributed by atoms with E-state index in [-0.39, 0.29) is 23.0 Å². The van der Waals surface area contributed by atoms with Crippen molar-refractivity contribution in [3.63, 3.8) is 0 Å². The zero-order valence-corrected chi connectivity index (χ0v) is 18.4. The van der Waals surface area contributed by atoms with E-state index in [1.54, 1.807) is 0 Å². The lowest BCUT2D eigenvalue weighted by molar-refractivity contribution is -0.134. The summed E-state index contributed by atoms with van der Waals surface area (Å²) in [7, 11) is -3.46. The molecule has 0 aliphatic carbocycles. The van der Waals surface area contributed by atoms with Crippen LogP contribution >= 0.6 is 0 Å². The van der Waals surface area contributed by atoms with Crippen LogP contribution < -0.4 is 0 Å². The Morgan fingerprint density at radius 3 is 1.57 bits per heavy atom. The Bertz CT molecular complexity index is 498. The fourth-order valence-corrected chi connectivity index (χ4v) is 16.1. The van der Waals surface area contributed by atoms with E-state index in [9.17, 15) is 9.59 Å². The second-order valence-corrected chi connectivity index (χ2v) is 20.0. The highest BCUT2D eigenvalue weighted by Gasteiger charge is 2.48. The first-order valence-electron chi connectivity index (χ1n) is 8.21. The number of hydrogen-bond acceptors (Lipinski definition) is 2. The monoisotopic (exact) mass is 355 g/mol. The molecule has 1 unspecified atom stereocenters. The van der Waals surface area contributed by atoms with Crippen LogP contribution in [0, 0.1) is 5.92 Å². The van der Waals surface area contributed by atoms with Gasteiger partial charge >= 0.3 is 11.6 Å². The van der Waals surface area contributed by atoms with Crippen LogP contribution in [-0.4, -0.2) is 54.6 Å². The van der Waals surface area contributed by atoms with E-state index in [2.05, 4.69) is 57.9 Å². The first kappa shape index (κ1) is 22.0. The molecule has 7 heteroatoms. The van der Waals surface area contributed by atoms with Crippen molar-refractivity contribution in [3.05, 3.63) is 5.53 Å². The lowest BCUT2D eigenvalue weighted by Gasteiger charge is -2.48. The summed E-state index contributed by atoms with van der Waals surface area (Å²) in [6.07, 6.45) is 0. The van der Waals surface area contributed by atoms with Crippen molar-refractivity contribution in [3.8, 4) is 0 Å². The standard InChI is InChI=1S/C16H33N3O2Si2/c1-11(2)12(3)19(15(21)14(18-17)13(4)20)16(22(5,6)7)23(8,9)10/h11-12,16H,1-10H3. The number of hydrogen-bond donors (Lipinski definition) is 0. The average molecular weight is 356 g/mol. The van der Waals surface area contributed by atoms with Crippen LogP contribution in [-0.2, 0) is 9.59 Å². The molecule has 0 saturated heterocycles. The zero-order valence-electron chi connectivity index (χ0n) is 16.4. The molecule has 0 aliphatic rings. The van der Waals surface area contributed by atoms with Crippen molar-refractivity contribution in [2.75, 3.05) is 0 Å². The molecule has 0 heterocycles. The first-order valence-corrected chi connectivity index (χ1v) is 15.4. The topological polar surface area (TPSA) is 73.8 Å². The van der Waals surface area contributed by atoms with Crippen molar-refractivity contribution >= 4 is 33.5 Å². The Morgan fingerprint density at radius 2 is 1.35 bits per heavy atom. The minimum Gasteiger partial charge on any atom is -0.360 e. The molecular weight excluding hydrogens is 322 g/mol. The van der Waals surface area contributed by atoms with E-state index >= 15 is 0 Å². The molecule has 0 bridgehead atoms. The number of ketones is 1. The van der Waals surface area contributed by atoms with Gasteiger partial charge < -0.3 is 10.4 Å². The van der Waals surface area contributed by atoms with Gasteiger partial charge in [0.2, 0.25) is 5.78 Å². The van der Waals surface area contributed by atoms with Crippen molar-refractivity contribution in [2.24, 2.45) is 5.92 Å². The molecule has 0 N–H and O–H groups in total. The zero-order chi connectivity index (χ0) is 18.7. The summed E-state index contributed by atoms with van der Waals surface area (Å²) in [5.41, 5.74) is 8.80. The molecule has 0 rings (SSSR count). The van der Waals surface area contributed by atoms with Crippen molar-refractivity contribution < 1.29 is 14.4 Å². The predicted molar refractivity (Wildman–Crippen MR) is 101 cm³/mol. The Balaban J connectivity index is 6.32. The van der Waals surface area contributed by atoms with E-state index in [0.717, 1.165) is 0 Å². The number of carbonyl (C=O) groups excluding carboxylic acids is 2. The molecule has 132 valence electrons. The van der Waals surface area contributed by atoms with Crippen LogP contribution in [0.3, 0.4) is 0 Å². The highest BCUT2D eigenvalue weighted by molar-refractivity contribution is 6.96. The SMILES string of the molecule is CC(=O)C(=[N+]=[N-])C(=O)N(C(C)C(C)C)C([Si](C)(C)C)[Si](C)(C)C. The van der Waals surface area contributed by atoms with Crippen molar-refractivity contribution in [1.29, 1.82) is 0 Å². The van der Waals surface area contributed by atoms with E-state index in [1.807, 2.05) is 11.8 Å². The van der Waals surface area contributed by atoms with Gasteiger partial charge in [0.05, 0.1) is 16.1 Å². The normalized spacial score (nSPS) is 13.7. The molecular formula is C16H33N3O2Si2. The number of Topliss-reactive ketones (excluding diaryl/α,β-unsaturated/α-hetero) is 1. The fraction of sp³-hybridized carbons (Fsp3) is 0.812. The van der Waals surface area contributed by atoms with Gasteiger partial charge in [-0.25, -0.2) is 0 Å². The Morgan fingerprint density at radius 1 is 0.957 bits per heavy atom. The number of rotatable bonds is 7. The average Bonchev–Trinajstić information content (AvgIpc) is 2.31. The van der Waals surface area contributed by atoms with Crippen molar-refractivity contribution in [1.82, 2.24) is 4.90 Å². The third-order valence-electron chi connectivity index (χ3n) is 4.19. The highest BCUT2D eigenvalue weighted by Crippen LogP contribution is 2.29. The van der Waals surface area contributed by atoms with Gasteiger partial charge in [-0.1, -0.05) is 53.1 Å². The maximum absolute atomic E-state index is 13.1. The Kier molecular flexibility index (Phi) is 7.33. The Hall–Kier alpha value is -1.05. The van der Waals surface area contributed by atoms with Crippen LogP contribution in [0.15, 0.2) is 0 Å². The molecule has 1 amide bonds. The van der Waals surface area contributed by atoms with E-state index in [0.29, 0.717) is 0 Å². The van der Waals surface area contributed by atoms with E-state index < -0.39 is 27.8 Å². The highest BCUT2D eigenvalue weighted by atomic mass is 28.4. The van der Waals surface area contributed by atoms with Gasteiger partial charge in [0.15, 0.2) is 0 Å². The molecule has 0 saturated carbocycles. The van der Waals surface area contributed by atoms with Gasteiger partial charge in [0.25, 0.3) is 0 Å². The molecule has 0 aromatic rings. The summed E-state index contributed by atoms with van der Waals surface area (Å²) in [6, 6.07) is -0.0259. The number of carbonyl (C=O) groups is 2. The molecule has 0 aromatic heterocycles. The summed E-state index contributed by atoms with van der Waals surface area (Å²) >= 11 is 0. The molecule has 0 aliphatic heterocycles. The van der Waals surface area contributed by atoms with Crippen LogP contribution in [0.1, 0.15) is 27.7 Å².